The summed E-state index contributed by atoms with van der Waals surface area (Å²) in [5, 5.41) is 3.29. The summed E-state index contributed by atoms with van der Waals surface area (Å²) in [5.41, 5.74) is 0.580. The molecule has 2 aliphatic rings. The van der Waals surface area contributed by atoms with E-state index in [0.717, 1.165) is 25.9 Å². The van der Waals surface area contributed by atoms with Gasteiger partial charge in [-0.25, -0.2) is 0 Å². The van der Waals surface area contributed by atoms with Crippen LogP contribution in [0.2, 0.25) is 0 Å². The van der Waals surface area contributed by atoms with E-state index in [1.165, 1.54) is 0 Å². The lowest BCUT2D eigenvalue weighted by molar-refractivity contribution is 0.206. The van der Waals surface area contributed by atoms with Crippen molar-refractivity contribution in [1.82, 2.24) is 5.32 Å². The Morgan fingerprint density at radius 3 is 2.79 bits per heavy atom. The molecule has 19 heavy (non-hydrogen) atoms. The molecule has 2 heterocycles. The Kier molecular flexibility index (Phi) is 3.28. The Bertz CT molecular complexity index is 604. The van der Waals surface area contributed by atoms with Gasteiger partial charge in [0.15, 0.2) is 0 Å². The molecule has 0 spiro atoms. The van der Waals surface area contributed by atoms with Gasteiger partial charge in [-0.05, 0) is 44.0 Å². The molecule has 1 fully saturated rings. The second-order valence-corrected chi connectivity index (χ2v) is 6.44. The van der Waals surface area contributed by atoms with Crippen molar-refractivity contribution in [2.75, 3.05) is 19.7 Å². The minimum Gasteiger partial charge on any atom is -0.476 e. The lowest BCUT2D eigenvalue weighted by Gasteiger charge is -2.22. The SMILES string of the molecule is O=S1(=O)N=C(OCC2CCNCC2)c2ccccc21. The summed E-state index contributed by atoms with van der Waals surface area (Å²) in [6, 6.07) is 6.79. The first kappa shape index (κ1) is 12.6. The van der Waals surface area contributed by atoms with E-state index in [4.69, 9.17) is 4.74 Å². The average molecular weight is 280 g/mol. The van der Waals surface area contributed by atoms with Crippen LogP contribution in [0.5, 0.6) is 0 Å². The van der Waals surface area contributed by atoms with Gasteiger partial charge in [0.2, 0.25) is 5.90 Å². The monoisotopic (exact) mass is 280 g/mol. The maximum Gasteiger partial charge on any atom is 0.286 e. The van der Waals surface area contributed by atoms with E-state index in [-0.39, 0.29) is 10.8 Å². The van der Waals surface area contributed by atoms with Gasteiger partial charge in [-0.15, -0.1) is 4.40 Å². The summed E-state index contributed by atoms with van der Waals surface area (Å²) < 4.78 is 33.0. The normalized spacial score (nSPS) is 21.8. The number of benzene rings is 1. The number of hydrogen-bond donors (Lipinski definition) is 1. The number of ether oxygens (including phenoxy) is 1. The van der Waals surface area contributed by atoms with E-state index in [1.54, 1.807) is 24.3 Å². The first-order valence-electron chi connectivity index (χ1n) is 6.45. The molecular formula is C13H16N2O3S. The highest BCUT2D eigenvalue weighted by molar-refractivity contribution is 7.90. The predicted octanol–water partition coefficient (Wildman–Crippen LogP) is 1.15. The first-order valence-corrected chi connectivity index (χ1v) is 7.89. The lowest BCUT2D eigenvalue weighted by Crippen LogP contribution is -2.30. The number of nitrogens with zero attached hydrogens (tertiary/aromatic N) is 1. The molecule has 0 atom stereocenters. The second kappa shape index (κ2) is 4.94. The van der Waals surface area contributed by atoms with Gasteiger partial charge in [-0.2, -0.15) is 8.42 Å². The Morgan fingerprint density at radius 2 is 2.00 bits per heavy atom. The fourth-order valence-electron chi connectivity index (χ4n) is 2.43. The first-order chi connectivity index (χ1) is 9.17. The second-order valence-electron chi connectivity index (χ2n) is 4.87. The topological polar surface area (TPSA) is 67.8 Å². The summed E-state index contributed by atoms with van der Waals surface area (Å²) in [5.74, 6) is 0.716. The number of piperidine rings is 1. The van der Waals surface area contributed by atoms with Gasteiger partial charge >= 0.3 is 0 Å². The number of fused-ring (bicyclic) bond motifs is 1. The van der Waals surface area contributed by atoms with Crippen LogP contribution in [-0.2, 0) is 14.8 Å². The third kappa shape index (κ3) is 2.50. The quantitative estimate of drug-likeness (QED) is 0.882. The Morgan fingerprint density at radius 1 is 1.26 bits per heavy atom. The summed E-state index contributed by atoms with van der Waals surface area (Å²) in [6.07, 6.45) is 2.11. The highest BCUT2D eigenvalue weighted by Crippen LogP contribution is 2.26. The van der Waals surface area contributed by atoms with Crippen LogP contribution >= 0.6 is 0 Å². The lowest BCUT2D eigenvalue weighted by atomic mass is 9.99. The molecule has 3 rings (SSSR count). The summed E-state index contributed by atoms with van der Waals surface area (Å²) >= 11 is 0. The summed E-state index contributed by atoms with van der Waals surface area (Å²) in [7, 11) is -3.56. The summed E-state index contributed by atoms with van der Waals surface area (Å²) in [4.78, 5) is 0.246. The third-order valence-corrected chi connectivity index (χ3v) is 4.83. The molecule has 0 saturated carbocycles. The number of nitrogens with one attached hydrogen (secondary N) is 1. The van der Waals surface area contributed by atoms with E-state index in [1.807, 2.05) is 0 Å². The molecule has 0 aliphatic carbocycles. The molecule has 0 radical (unpaired) electrons. The molecule has 0 aromatic heterocycles. The molecule has 0 amide bonds. The van der Waals surface area contributed by atoms with Crippen molar-refractivity contribution in [2.24, 2.45) is 10.3 Å². The van der Waals surface area contributed by atoms with Crippen LogP contribution in [0.1, 0.15) is 18.4 Å². The summed E-state index contributed by atoms with van der Waals surface area (Å²) in [6.45, 7) is 2.52. The molecule has 1 saturated heterocycles. The van der Waals surface area contributed by atoms with E-state index in [9.17, 15) is 8.42 Å². The molecule has 5 nitrogen and oxygen atoms in total. The Balaban J connectivity index is 1.75. The molecule has 102 valence electrons. The van der Waals surface area contributed by atoms with Crippen LogP contribution < -0.4 is 5.32 Å². The maximum atomic E-state index is 11.8. The maximum absolute atomic E-state index is 11.8. The molecule has 6 heteroatoms. The zero-order valence-electron chi connectivity index (χ0n) is 10.5. The van der Waals surface area contributed by atoms with Crippen molar-refractivity contribution in [1.29, 1.82) is 0 Å². The van der Waals surface area contributed by atoms with Gasteiger partial charge < -0.3 is 10.1 Å². The smallest absolute Gasteiger partial charge is 0.286 e. The van der Waals surface area contributed by atoms with Gasteiger partial charge in [-0.1, -0.05) is 12.1 Å². The van der Waals surface area contributed by atoms with Gasteiger partial charge in [0, 0.05) is 0 Å². The molecule has 2 aliphatic heterocycles. The molecule has 0 bridgehead atoms. The number of hydrogen-bond acceptors (Lipinski definition) is 4. The van der Waals surface area contributed by atoms with Crippen molar-refractivity contribution in [3.05, 3.63) is 29.8 Å². The average Bonchev–Trinajstić information content (AvgIpc) is 2.70. The zero-order chi connectivity index (χ0) is 13.3. The van der Waals surface area contributed by atoms with Crippen LogP contribution in [0.3, 0.4) is 0 Å². The minimum atomic E-state index is -3.56. The van der Waals surface area contributed by atoms with Crippen LogP contribution in [0, 0.1) is 5.92 Å². The largest absolute Gasteiger partial charge is 0.476 e. The van der Waals surface area contributed by atoms with Crippen molar-refractivity contribution in [3.8, 4) is 0 Å². The molecule has 1 aromatic carbocycles. The van der Waals surface area contributed by atoms with Crippen molar-refractivity contribution in [2.45, 2.75) is 17.7 Å². The molecule has 1 N–H and O–H groups in total. The Hall–Kier alpha value is -1.40. The van der Waals surface area contributed by atoms with Gasteiger partial charge in [0.1, 0.15) is 4.90 Å². The van der Waals surface area contributed by atoms with Crippen LogP contribution in [0.15, 0.2) is 33.6 Å². The highest BCUT2D eigenvalue weighted by Gasteiger charge is 2.30. The molecule has 1 aromatic rings. The highest BCUT2D eigenvalue weighted by atomic mass is 32.2. The third-order valence-electron chi connectivity index (χ3n) is 3.51. The number of rotatable bonds is 2. The predicted molar refractivity (Wildman–Crippen MR) is 71.7 cm³/mol. The van der Waals surface area contributed by atoms with E-state index >= 15 is 0 Å². The standard InChI is InChI=1S/C13H16N2O3S/c16-19(17)12-4-2-1-3-11(12)13(15-19)18-9-10-5-7-14-8-6-10/h1-4,10,14H,5-9H2. The van der Waals surface area contributed by atoms with Crippen molar-refractivity contribution >= 4 is 15.9 Å². The molecule has 0 unspecified atom stereocenters. The van der Waals surface area contributed by atoms with Gasteiger partial charge in [0.25, 0.3) is 10.0 Å². The fourth-order valence-corrected chi connectivity index (χ4v) is 3.58. The number of sulfonamides is 1. The van der Waals surface area contributed by atoms with Crippen LogP contribution in [0.4, 0.5) is 0 Å². The van der Waals surface area contributed by atoms with E-state index in [2.05, 4.69) is 9.71 Å². The van der Waals surface area contributed by atoms with Crippen LogP contribution in [-0.4, -0.2) is 34.0 Å². The van der Waals surface area contributed by atoms with E-state index in [0.29, 0.717) is 18.1 Å². The van der Waals surface area contributed by atoms with Crippen molar-refractivity contribution in [3.63, 3.8) is 0 Å². The van der Waals surface area contributed by atoms with Crippen molar-refractivity contribution < 1.29 is 13.2 Å². The van der Waals surface area contributed by atoms with Gasteiger partial charge in [-0.3, -0.25) is 0 Å². The van der Waals surface area contributed by atoms with Crippen LogP contribution in [0.25, 0.3) is 0 Å². The minimum absolute atomic E-state index is 0.245. The molecular weight excluding hydrogens is 264 g/mol. The zero-order valence-corrected chi connectivity index (χ0v) is 11.3. The fraction of sp³-hybridized carbons (Fsp3) is 0.462. The van der Waals surface area contributed by atoms with E-state index < -0.39 is 10.0 Å². The van der Waals surface area contributed by atoms with Gasteiger partial charge in [0.05, 0.1) is 12.2 Å². The Labute approximate surface area is 112 Å².